The number of nitrogens with zero attached hydrogens (tertiary/aromatic N) is 4. The molecule has 44 heavy (non-hydrogen) atoms. The third-order valence-corrected chi connectivity index (χ3v) is 9.05. The normalized spacial score (nSPS) is 21.1. The van der Waals surface area contributed by atoms with Gasteiger partial charge in [-0.3, -0.25) is 15.1 Å². The molecule has 3 amide bonds. The molecule has 2 aliphatic heterocycles. The fourth-order valence-corrected chi connectivity index (χ4v) is 7.03. The maximum Gasteiger partial charge on any atom is 0.425 e. The first-order valence-corrected chi connectivity index (χ1v) is 15.4. The van der Waals surface area contributed by atoms with Gasteiger partial charge in [0.2, 0.25) is 0 Å². The molecule has 3 rings (SSSR count). The minimum absolute atomic E-state index is 0.340. The Hall–Kier alpha value is -3.82. The lowest BCUT2D eigenvalue weighted by atomic mass is 9.90. The number of ether oxygens (including phenoxy) is 3. The van der Waals surface area contributed by atoms with Gasteiger partial charge in [0.25, 0.3) is 5.69 Å². The van der Waals surface area contributed by atoms with Gasteiger partial charge in [0.05, 0.1) is 23.8 Å². The third-order valence-electron chi connectivity index (χ3n) is 6.48. The van der Waals surface area contributed by atoms with Gasteiger partial charge >= 0.3 is 18.3 Å². The summed E-state index contributed by atoms with van der Waals surface area (Å²) in [6, 6.07) is 2.56. The molecule has 16 heteroatoms. The minimum atomic E-state index is -4.52. The van der Waals surface area contributed by atoms with Gasteiger partial charge in [0, 0.05) is 17.7 Å². The van der Waals surface area contributed by atoms with Crippen LogP contribution in [0.15, 0.2) is 23.2 Å². The van der Waals surface area contributed by atoms with Crippen LogP contribution >= 0.6 is 0 Å². The van der Waals surface area contributed by atoms with Crippen molar-refractivity contribution in [3.8, 4) is 0 Å². The van der Waals surface area contributed by atoms with Crippen LogP contribution in [0.2, 0.25) is 0 Å². The van der Waals surface area contributed by atoms with Gasteiger partial charge in [-0.2, -0.15) is 4.90 Å². The minimum Gasteiger partial charge on any atom is -0.444 e. The van der Waals surface area contributed by atoms with Crippen LogP contribution in [0, 0.1) is 15.9 Å². The summed E-state index contributed by atoms with van der Waals surface area (Å²) in [5.74, 6) is -2.56. The van der Waals surface area contributed by atoms with Gasteiger partial charge in [-0.15, -0.1) is 0 Å². The molecule has 14 nitrogen and oxygen atoms in total. The summed E-state index contributed by atoms with van der Waals surface area (Å²) in [4.78, 5) is 56.8. The predicted molar refractivity (Wildman–Crippen MR) is 156 cm³/mol. The first kappa shape index (κ1) is 34.7. The van der Waals surface area contributed by atoms with Crippen molar-refractivity contribution < 1.29 is 46.3 Å². The van der Waals surface area contributed by atoms with Crippen LogP contribution in [0.1, 0.15) is 74.8 Å². The summed E-state index contributed by atoms with van der Waals surface area (Å²) < 4.78 is 57.9. The molecule has 0 unspecified atom stereocenters. The van der Waals surface area contributed by atoms with Crippen LogP contribution in [-0.4, -0.2) is 87.6 Å². The first-order chi connectivity index (χ1) is 19.7. The molecule has 2 heterocycles. The summed E-state index contributed by atoms with van der Waals surface area (Å²) in [5, 5.41) is 11.5. The van der Waals surface area contributed by atoms with E-state index < -0.39 is 102 Å². The second-order valence-corrected chi connectivity index (χ2v) is 16.3. The monoisotopic (exact) mass is 642 g/mol. The number of halogens is 1. The van der Waals surface area contributed by atoms with Gasteiger partial charge in [-0.25, -0.2) is 27.2 Å². The number of nitro groups is 1. The highest BCUT2D eigenvalue weighted by molar-refractivity contribution is 7.93. The number of non-ortho nitro benzene ring substituents is 1. The van der Waals surface area contributed by atoms with Crippen molar-refractivity contribution in [2.24, 2.45) is 4.99 Å². The fourth-order valence-electron chi connectivity index (χ4n) is 4.67. The Bertz CT molecular complexity index is 1490. The maximum atomic E-state index is 15.3. The van der Waals surface area contributed by atoms with Crippen LogP contribution in [-0.2, 0) is 29.6 Å². The number of sulfone groups is 1. The molecule has 2 aliphatic rings. The van der Waals surface area contributed by atoms with Gasteiger partial charge in [-0.05, 0) is 75.3 Å². The Kier molecular flexibility index (Phi) is 8.64. The average molecular weight is 643 g/mol. The molecule has 0 bridgehead atoms. The zero-order valence-corrected chi connectivity index (χ0v) is 27.3. The number of hydrogen-bond donors (Lipinski definition) is 0. The van der Waals surface area contributed by atoms with Crippen LogP contribution in [0.25, 0.3) is 0 Å². The first-order valence-electron chi connectivity index (χ1n) is 13.7. The highest BCUT2D eigenvalue weighted by Crippen LogP contribution is 2.45. The molecule has 0 aliphatic carbocycles. The number of carbonyl (C=O) groups is 3. The number of amides is 3. The van der Waals surface area contributed by atoms with E-state index in [0.29, 0.717) is 4.90 Å². The number of hydrogen-bond acceptors (Lipinski definition) is 11. The van der Waals surface area contributed by atoms with Crippen molar-refractivity contribution >= 4 is 39.6 Å². The van der Waals surface area contributed by atoms with E-state index in [-0.39, 0.29) is 0 Å². The summed E-state index contributed by atoms with van der Waals surface area (Å²) in [7, 11) is -4.52. The van der Waals surface area contributed by atoms with E-state index in [1.165, 1.54) is 48.5 Å². The number of benzene rings is 1. The van der Waals surface area contributed by atoms with Gasteiger partial charge in [0.1, 0.15) is 34.0 Å². The number of carbonyl (C=O) groups excluding carboxylic acids is 3. The van der Waals surface area contributed by atoms with Crippen molar-refractivity contribution in [3.05, 3.63) is 39.7 Å². The zero-order valence-electron chi connectivity index (χ0n) is 26.5. The number of likely N-dealkylation sites (tertiary alicyclic amines) is 1. The van der Waals surface area contributed by atoms with E-state index >= 15 is 4.39 Å². The number of amidine groups is 1. The van der Waals surface area contributed by atoms with E-state index in [4.69, 9.17) is 14.2 Å². The Morgan fingerprint density at radius 3 is 1.86 bits per heavy atom. The second kappa shape index (κ2) is 11.0. The lowest BCUT2D eigenvalue weighted by Gasteiger charge is -2.53. The maximum absolute atomic E-state index is 15.3. The van der Waals surface area contributed by atoms with E-state index in [2.05, 4.69) is 4.99 Å². The van der Waals surface area contributed by atoms with Crippen LogP contribution in [0.3, 0.4) is 0 Å². The standard InChI is InChI=1S/C28H39FN4O10S/c1-24(2,3)41-21(34)31-14-28(15-31)20(32(22(35)42-25(4,5)6)23(36)43-26(7,8)9)30-27(10,16-44(28,39)40)18-13-17(33(37)38)11-12-19(18)29/h11-13H,14-16H2,1-10H3/t27-/m0/s1. The number of aliphatic imine (C=N–C) groups is 1. The van der Waals surface area contributed by atoms with Gasteiger partial charge < -0.3 is 19.1 Å². The molecule has 1 saturated heterocycles. The average Bonchev–Trinajstić information content (AvgIpc) is 2.73. The number of rotatable bonds is 2. The third kappa shape index (κ3) is 7.11. The molecule has 1 aromatic rings. The topological polar surface area (TPSA) is 175 Å². The molecule has 0 N–H and O–H groups in total. The fraction of sp³-hybridized carbons (Fsp3) is 0.643. The molecule has 0 aromatic heterocycles. The highest BCUT2D eigenvalue weighted by atomic mass is 32.2. The van der Waals surface area contributed by atoms with Crippen molar-refractivity contribution in [1.82, 2.24) is 9.80 Å². The Morgan fingerprint density at radius 1 is 0.955 bits per heavy atom. The Morgan fingerprint density at radius 2 is 1.43 bits per heavy atom. The van der Waals surface area contributed by atoms with Crippen molar-refractivity contribution in [2.75, 3.05) is 18.8 Å². The van der Waals surface area contributed by atoms with E-state index in [1.54, 1.807) is 20.8 Å². The molecule has 1 aromatic carbocycles. The lowest BCUT2D eigenvalue weighted by molar-refractivity contribution is -0.385. The molecular weight excluding hydrogens is 603 g/mol. The number of imide groups is 1. The molecule has 0 saturated carbocycles. The van der Waals surface area contributed by atoms with Crippen LogP contribution in [0.5, 0.6) is 0 Å². The molecule has 1 spiro atoms. The predicted octanol–water partition coefficient (Wildman–Crippen LogP) is 4.94. The van der Waals surface area contributed by atoms with Gasteiger partial charge in [-0.1, -0.05) is 0 Å². The summed E-state index contributed by atoms with van der Waals surface area (Å²) >= 11 is 0. The van der Waals surface area contributed by atoms with Gasteiger partial charge in [0.15, 0.2) is 14.6 Å². The second-order valence-electron chi connectivity index (χ2n) is 14.0. The highest BCUT2D eigenvalue weighted by Gasteiger charge is 2.66. The van der Waals surface area contributed by atoms with Crippen molar-refractivity contribution in [1.29, 1.82) is 0 Å². The Labute approximate surface area is 255 Å². The van der Waals surface area contributed by atoms with E-state index in [0.717, 1.165) is 23.1 Å². The van der Waals surface area contributed by atoms with Crippen molar-refractivity contribution in [3.63, 3.8) is 0 Å². The van der Waals surface area contributed by atoms with E-state index in [9.17, 15) is 32.9 Å². The number of nitro benzene ring substituents is 1. The molecule has 244 valence electrons. The molecular formula is C28H39FN4O10S. The molecule has 1 atom stereocenters. The molecule has 0 radical (unpaired) electrons. The van der Waals surface area contributed by atoms with E-state index in [1.807, 2.05) is 0 Å². The SMILES string of the molecule is CC(C)(C)OC(=O)N1CC2(C1)C(N(C(=O)OC(C)(C)C)C(=O)OC(C)(C)C)=N[C@](C)(c1cc([N+](=O)[O-])ccc1F)CS2(=O)=O. The molecule has 1 fully saturated rings. The summed E-state index contributed by atoms with van der Waals surface area (Å²) in [5.41, 5.74) is -6.32. The van der Waals surface area contributed by atoms with Crippen LogP contribution < -0.4 is 0 Å². The van der Waals surface area contributed by atoms with Crippen LogP contribution in [0.4, 0.5) is 24.5 Å². The summed E-state index contributed by atoms with van der Waals surface area (Å²) in [6.45, 7) is 14.0. The van der Waals surface area contributed by atoms with Crippen molar-refractivity contribution in [2.45, 2.75) is 96.3 Å². The lowest BCUT2D eigenvalue weighted by Crippen LogP contribution is -2.77. The smallest absolute Gasteiger partial charge is 0.425 e. The summed E-state index contributed by atoms with van der Waals surface area (Å²) in [6.07, 6.45) is -3.52. The quantitative estimate of drug-likeness (QED) is 0.244. The largest absolute Gasteiger partial charge is 0.444 e. The Balaban J connectivity index is 2.33. The zero-order chi connectivity index (χ0) is 33.8.